The third-order valence-electron chi connectivity index (χ3n) is 6.18. The lowest BCUT2D eigenvalue weighted by Gasteiger charge is -2.19. The minimum atomic E-state index is -0.750. The molecule has 3 N–H and O–H groups in total. The predicted octanol–water partition coefficient (Wildman–Crippen LogP) is 5.23. The maximum Gasteiger partial charge on any atom is 0.254 e. The Morgan fingerprint density at radius 3 is 2.59 bits per heavy atom. The number of aliphatic hydroxyl groups excluding tert-OH is 1. The van der Waals surface area contributed by atoms with Crippen LogP contribution in [-0.2, 0) is 19.5 Å². The van der Waals surface area contributed by atoms with Crippen LogP contribution in [0.15, 0.2) is 84.2 Å². The number of hydrogen-bond donors (Lipinski definition) is 3. The zero-order valence-electron chi connectivity index (χ0n) is 18.5. The highest BCUT2D eigenvalue weighted by atomic mass is 32.1. The molecule has 0 bridgehead atoms. The highest BCUT2D eigenvalue weighted by Crippen LogP contribution is 2.33. The lowest BCUT2D eigenvalue weighted by atomic mass is 10.0. The van der Waals surface area contributed by atoms with Gasteiger partial charge in [-0.15, -0.1) is 11.3 Å². The van der Waals surface area contributed by atoms with E-state index in [4.69, 9.17) is 0 Å². The Morgan fingerprint density at radius 1 is 0.971 bits per heavy atom. The van der Waals surface area contributed by atoms with E-state index >= 15 is 0 Å². The molecule has 3 aromatic carbocycles. The van der Waals surface area contributed by atoms with Gasteiger partial charge >= 0.3 is 0 Å². The van der Waals surface area contributed by atoms with Crippen molar-refractivity contribution in [2.24, 2.45) is 0 Å². The Bertz CT molecular complexity index is 1290. The number of halogens is 1. The summed E-state index contributed by atoms with van der Waals surface area (Å²) >= 11 is 1.71. The molecule has 1 aromatic heterocycles. The first-order valence-corrected chi connectivity index (χ1v) is 12.1. The van der Waals surface area contributed by atoms with Gasteiger partial charge in [-0.3, -0.25) is 4.79 Å². The lowest BCUT2D eigenvalue weighted by molar-refractivity contribution is 0.0854. The number of nitrogens with one attached hydrogen (secondary N) is 2. The van der Waals surface area contributed by atoms with Gasteiger partial charge in [-0.2, -0.15) is 0 Å². The number of amides is 1. The maximum absolute atomic E-state index is 14.8. The molecule has 0 aliphatic heterocycles. The van der Waals surface area contributed by atoms with Gasteiger partial charge in [0.1, 0.15) is 5.82 Å². The van der Waals surface area contributed by atoms with Crippen molar-refractivity contribution in [2.45, 2.75) is 31.7 Å². The second-order valence-corrected chi connectivity index (χ2v) is 9.53. The summed E-state index contributed by atoms with van der Waals surface area (Å²) in [5, 5.41) is 19.0. The first-order valence-electron chi connectivity index (χ1n) is 11.3. The standard InChI is InChI=1S/C28H25FN2O2S/c29-25-14-20(19-5-2-1-3-6-19)10-11-23(25)28(33)31-27-24-13-18(8-9-21(24)15-26(27)32)16-30-17-22-7-4-12-34-22/h1-14,26-27,30,32H,15-17H2,(H,31,33)/t26-,27-/m1/s1. The highest BCUT2D eigenvalue weighted by molar-refractivity contribution is 7.09. The van der Waals surface area contributed by atoms with E-state index in [0.29, 0.717) is 18.5 Å². The SMILES string of the molecule is O=C(N[C@@H]1c2cc(CNCc3cccs3)ccc2C[C@H]1O)c1ccc(-c2ccccc2)cc1F. The third kappa shape index (κ3) is 4.80. The van der Waals surface area contributed by atoms with Crippen LogP contribution in [0.5, 0.6) is 0 Å². The van der Waals surface area contributed by atoms with Crippen molar-refractivity contribution in [3.63, 3.8) is 0 Å². The van der Waals surface area contributed by atoms with Crippen LogP contribution in [0.1, 0.15) is 38.0 Å². The van der Waals surface area contributed by atoms with Gasteiger partial charge in [0, 0.05) is 24.4 Å². The summed E-state index contributed by atoms with van der Waals surface area (Å²) in [6, 6.07) is 23.7. The molecule has 6 heteroatoms. The lowest BCUT2D eigenvalue weighted by Crippen LogP contribution is -2.34. The summed E-state index contributed by atoms with van der Waals surface area (Å²) in [5.41, 5.74) is 4.52. The minimum Gasteiger partial charge on any atom is -0.390 e. The fourth-order valence-corrected chi connectivity index (χ4v) is 5.10. The van der Waals surface area contributed by atoms with E-state index in [1.165, 1.54) is 17.0 Å². The summed E-state index contributed by atoms with van der Waals surface area (Å²) < 4.78 is 14.8. The topological polar surface area (TPSA) is 61.4 Å². The predicted molar refractivity (Wildman–Crippen MR) is 133 cm³/mol. The Morgan fingerprint density at radius 2 is 1.82 bits per heavy atom. The average molecular weight is 473 g/mol. The van der Waals surface area contributed by atoms with E-state index in [-0.39, 0.29) is 5.56 Å². The fourth-order valence-electron chi connectivity index (χ4n) is 4.43. The van der Waals surface area contributed by atoms with Gasteiger partial charge in [-0.25, -0.2) is 4.39 Å². The summed E-state index contributed by atoms with van der Waals surface area (Å²) in [7, 11) is 0. The van der Waals surface area contributed by atoms with Crippen molar-refractivity contribution in [1.82, 2.24) is 10.6 Å². The van der Waals surface area contributed by atoms with Crippen molar-refractivity contribution < 1.29 is 14.3 Å². The van der Waals surface area contributed by atoms with Gasteiger partial charge < -0.3 is 15.7 Å². The second-order valence-electron chi connectivity index (χ2n) is 8.50. The summed E-state index contributed by atoms with van der Waals surface area (Å²) in [6.07, 6.45) is -0.293. The van der Waals surface area contributed by atoms with Crippen molar-refractivity contribution in [2.75, 3.05) is 0 Å². The number of thiophene rings is 1. The van der Waals surface area contributed by atoms with Crippen LogP contribution in [0.25, 0.3) is 11.1 Å². The molecule has 0 fully saturated rings. The molecule has 0 unspecified atom stereocenters. The van der Waals surface area contributed by atoms with Crippen molar-refractivity contribution >= 4 is 17.2 Å². The van der Waals surface area contributed by atoms with Gasteiger partial charge in [0.25, 0.3) is 5.91 Å². The molecule has 2 atom stereocenters. The van der Waals surface area contributed by atoms with Crippen LogP contribution in [0.4, 0.5) is 4.39 Å². The zero-order chi connectivity index (χ0) is 23.5. The molecule has 172 valence electrons. The number of rotatable bonds is 7. The molecule has 0 spiro atoms. The molecule has 0 saturated carbocycles. The largest absolute Gasteiger partial charge is 0.390 e. The Kier molecular flexibility index (Phi) is 6.54. The first kappa shape index (κ1) is 22.5. The molecule has 0 radical (unpaired) electrons. The minimum absolute atomic E-state index is 0.0332. The Labute approximate surface area is 202 Å². The van der Waals surface area contributed by atoms with E-state index in [1.54, 1.807) is 17.4 Å². The molecule has 1 aliphatic carbocycles. The summed E-state index contributed by atoms with van der Waals surface area (Å²) in [6.45, 7) is 1.47. The van der Waals surface area contributed by atoms with Gasteiger partial charge in [0.15, 0.2) is 0 Å². The van der Waals surface area contributed by atoms with Crippen LogP contribution in [0.3, 0.4) is 0 Å². The molecule has 34 heavy (non-hydrogen) atoms. The zero-order valence-corrected chi connectivity index (χ0v) is 19.3. The number of fused-ring (bicyclic) bond motifs is 1. The van der Waals surface area contributed by atoms with E-state index in [1.807, 2.05) is 54.6 Å². The van der Waals surface area contributed by atoms with Crippen molar-refractivity contribution in [3.05, 3.63) is 117 Å². The fraction of sp³-hybridized carbons (Fsp3) is 0.179. The first-order chi connectivity index (χ1) is 16.6. The summed E-state index contributed by atoms with van der Waals surface area (Å²) in [5.74, 6) is -1.12. The molecular weight excluding hydrogens is 447 g/mol. The molecular formula is C28H25FN2O2S. The Hall–Kier alpha value is -3.32. The van der Waals surface area contributed by atoms with Crippen LogP contribution in [0.2, 0.25) is 0 Å². The van der Waals surface area contributed by atoms with E-state index in [9.17, 15) is 14.3 Å². The maximum atomic E-state index is 14.8. The average Bonchev–Trinajstić information content (AvgIpc) is 3.47. The second kappa shape index (κ2) is 9.89. The molecule has 1 heterocycles. The van der Waals surface area contributed by atoms with Crippen molar-refractivity contribution in [1.29, 1.82) is 0 Å². The molecule has 0 saturated heterocycles. The molecule has 4 aromatic rings. The van der Waals surface area contributed by atoms with Gasteiger partial charge in [0.05, 0.1) is 17.7 Å². The number of aliphatic hydroxyl groups is 1. The van der Waals surface area contributed by atoms with Gasteiger partial charge in [0.2, 0.25) is 0 Å². The van der Waals surface area contributed by atoms with Crippen molar-refractivity contribution in [3.8, 4) is 11.1 Å². The van der Waals surface area contributed by atoms with Crippen LogP contribution >= 0.6 is 11.3 Å². The van der Waals surface area contributed by atoms with Gasteiger partial charge in [-0.05, 0) is 51.4 Å². The molecule has 1 aliphatic rings. The van der Waals surface area contributed by atoms with E-state index in [0.717, 1.165) is 28.8 Å². The number of hydrogen-bond acceptors (Lipinski definition) is 4. The van der Waals surface area contributed by atoms with Gasteiger partial charge in [-0.1, -0.05) is 60.7 Å². The molecule has 4 nitrogen and oxygen atoms in total. The highest BCUT2D eigenvalue weighted by Gasteiger charge is 2.33. The number of carbonyl (C=O) groups excluding carboxylic acids is 1. The van der Waals surface area contributed by atoms with Crippen LogP contribution in [0, 0.1) is 5.82 Å². The molecule has 1 amide bonds. The van der Waals surface area contributed by atoms with Crippen LogP contribution in [-0.4, -0.2) is 17.1 Å². The summed E-state index contributed by atoms with van der Waals surface area (Å²) in [4.78, 5) is 14.2. The normalized spacial score (nSPS) is 16.9. The Balaban J connectivity index is 1.29. The molecule has 5 rings (SSSR count). The smallest absolute Gasteiger partial charge is 0.254 e. The van der Waals surface area contributed by atoms with E-state index in [2.05, 4.69) is 22.1 Å². The number of benzene rings is 3. The van der Waals surface area contributed by atoms with Crippen LogP contribution < -0.4 is 10.6 Å². The quantitative estimate of drug-likeness (QED) is 0.345. The number of carbonyl (C=O) groups is 1. The van der Waals surface area contributed by atoms with E-state index < -0.39 is 23.9 Å². The third-order valence-corrected chi connectivity index (χ3v) is 7.05. The monoisotopic (exact) mass is 472 g/mol.